The summed E-state index contributed by atoms with van der Waals surface area (Å²) in [5.74, 6) is 0.395. The molecule has 1 aliphatic rings. The zero-order valence-corrected chi connectivity index (χ0v) is 25.4. The maximum absolute atomic E-state index is 14.1. The summed E-state index contributed by atoms with van der Waals surface area (Å²) in [5.41, 5.74) is 2.47. The van der Waals surface area contributed by atoms with E-state index in [1.165, 1.54) is 24.9 Å². The first-order valence-electron chi connectivity index (χ1n) is 11.9. The molecule has 1 heterocycles. The van der Waals surface area contributed by atoms with Crippen molar-refractivity contribution < 1.29 is 18.7 Å². The van der Waals surface area contributed by atoms with Gasteiger partial charge in [0.2, 0.25) is 0 Å². The second-order valence-corrected chi connectivity index (χ2v) is 11.6. The highest BCUT2D eigenvalue weighted by Gasteiger charge is 2.35. The molecule has 4 aromatic rings. The van der Waals surface area contributed by atoms with Crippen LogP contribution in [-0.4, -0.2) is 18.2 Å². The minimum absolute atomic E-state index is 0.0500. The lowest BCUT2D eigenvalue weighted by Gasteiger charge is -2.16. The third kappa shape index (κ3) is 6.46. The number of carbonyl (C=O) groups excluding carboxylic acids is 1. The summed E-state index contributed by atoms with van der Waals surface area (Å²) in [4.78, 5) is 20.4. The van der Waals surface area contributed by atoms with Crippen LogP contribution in [0.4, 0.5) is 15.8 Å². The van der Waals surface area contributed by atoms with E-state index in [9.17, 15) is 9.18 Å². The van der Waals surface area contributed by atoms with E-state index in [0.717, 1.165) is 9.13 Å². The van der Waals surface area contributed by atoms with Gasteiger partial charge in [0.25, 0.3) is 5.91 Å². The number of ether oxygens (including phenoxy) is 2. The van der Waals surface area contributed by atoms with Gasteiger partial charge in [0.05, 0.1) is 27.0 Å². The Hall–Kier alpha value is -3.05. The Morgan fingerprint density at radius 2 is 1.68 bits per heavy atom. The summed E-state index contributed by atoms with van der Waals surface area (Å²) >= 11 is 15.5. The predicted octanol–water partition coefficient (Wildman–Crippen LogP) is 9.13. The molecule has 10 heteroatoms. The number of amidine groups is 1. The molecule has 1 saturated heterocycles. The molecule has 0 atom stereocenters. The van der Waals surface area contributed by atoms with E-state index < -0.39 is 0 Å². The number of carbonyl (C=O) groups is 1. The second-order valence-electron chi connectivity index (χ2n) is 8.51. The number of amides is 1. The van der Waals surface area contributed by atoms with E-state index in [1.807, 2.05) is 6.07 Å². The van der Waals surface area contributed by atoms with Crippen molar-refractivity contribution in [2.24, 2.45) is 4.99 Å². The molecule has 1 aliphatic heterocycles. The van der Waals surface area contributed by atoms with Gasteiger partial charge in [-0.05, 0) is 113 Å². The van der Waals surface area contributed by atoms with Crippen molar-refractivity contribution in [1.82, 2.24) is 0 Å². The standard InChI is InChI=1S/C30H20Cl2FIN2O3S/c1-38-26-15-18(14-25(34)28(26)39-17-19-4-2-3-5-24(19)33)16-27-29(37)36(23-12-8-21(32)9-13-23)30(40-27)35-22-10-6-20(31)7-11-22/h2-16H,17H2,1H3/b27-16-,35-30?. The Morgan fingerprint density at radius 3 is 2.35 bits per heavy atom. The fourth-order valence-corrected chi connectivity index (χ4v) is 5.91. The van der Waals surface area contributed by atoms with Gasteiger partial charge in [0, 0.05) is 15.6 Å². The molecule has 0 N–H and O–H groups in total. The number of rotatable bonds is 7. The third-order valence-electron chi connectivity index (χ3n) is 5.82. The molecular formula is C30H20Cl2FIN2O3S. The number of anilines is 1. The minimum Gasteiger partial charge on any atom is -0.493 e. The molecule has 4 aromatic carbocycles. The summed E-state index contributed by atoms with van der Waals surface area (Å²) in [6.07, 6.45) is 1.78. The Morgan fingerprint density at radius 1 is 1.00 bits per heavy atom. The third-order valence-corrected chi connectivity index (χ3v) is 8.10. The lowest BCUT2D eigenvalue weighted by molar-refractivity contribution is -0.113. The van der Waals surface area contributed by atoms with Gasteiger partial charge in [0.1, 0.15) is 12.4 Å². The maximum atomic E-state index is 14.1. The van der Waals surface area contributed by atoms with Crippen molar-refractivity contribution in [3.05, 3.63) is 120 Å². The number of benzene rings is 4. The van der Waals surface area contributed by atoms with Crippen molar-refractivity contribution in [3.8, 4) is 11.5 Å². The molecule has 5 rings (SSSR count). The number of aliphatic imine (C=N–C) groups is 1. The van der Waals surface area contributed by atoms with Crippen LogP contribution in [0, 0.1) is 9.39 Å². The first-order chi connectivity index (χ1) is 19.3. The van der Waals surface area contributed by atoms with Crippen molar-refractivity contribution >= 4 is 86.1 Å². The van der Waals surface area contributed by atoms with Crippen LogP contribution in [0.5, 0.6) is 11.5 Å². The van der Waals surface area contributed by atoms with Crippen LogP contribution in [0.15, 0.2) is 94.8 Å². The molecule has 202 valence electrons. The summed E-state index contributed by atoms with van der Waals surface area (Å²) in [6, 6.07) is 24.2. The largest absolute Gasteiger partial charge is 0.493 e. The van der Waals surface area contributed by atoms with Gasteiger partial charge in [-0.1, -0.05) is 41.4 Å². The fourth-order valence-electron chi connectivity index (χ4n) is 3.87. The number of halogens is 4. The van der Waals surface area contributed by atoms with Gasteiger partial charge in [0.15, 0.2) is 16.7 Å². The molecule has 0 spiro atoms. The van der Waals surface area contributed by atoms with E-state index in [4.69, 9.17) is 37.7 Å². The van der Waals surface area contributed by atoms with Crippen molar-refractivity contribution in [2.75, 3.05) is 12.0 Å². The number of thioether (sulfide) groups is 1. The van der Waals surface area contributed by atoms with E-state index in [0.29, 0.717) is 48.6 Å². The van der Waals surface area contributed by atoms with Crippen molar-refractivity contribution in [2.45, 2.75) is 6.61 Å². The number of methoxy groups -OCH3 is 1. The monoisotopic (exact) mass is 704 g/mol. The Labute approximate surface area is 258 Å². The van der Waals surface area contributed by atoms with Crippen LogP contribution in [0.1, 0.15) is 11.1 Å². The van der Waals surface area contributed by atoms with Gasteiger partial charge in [-0.25, -0.2) is 9.38 Å². The van der Waals surface area contributed by atoms with Gasteiger partial charge in [-0.3, -0.25) is 9.69 Å². The van der Waals surface area contributed by atoms with E-state index in [2.05, 4.69) is 22.6 Å². The van der Waals surface area contributed by atoms with Crippen LogP contribution in [-0.2, 0) is 11.4 Å². The van der Waals surface area contributed by atoms with E-state index in [1.54, 1.807) is 83.8 Å². The summed E-state index contributed by atoms with van der Waals surface area (Å²) in [5, 5.41) is 1.65. The molecule has 0 aliphatic carbocycles. The fraction of sp³-hybridized carbons (Fsp3) is 0.0667. The van der Waals surface area contributed by atoms with Crippen molar-refractivity contribution in [3.63, 3.8) is 0 Å². The summed E-state index contributed by atoms with van der Waals surface area (Å²) < 4.78 is 26.4. The number of nitrogens with zero attached hydrogens (tertiary/aromatic N) is 2. The SMILES string of the molecule is COc1cc(/C=C2\SC(=Nc3ccc(Cl)cc3)N(c3ccc(Cl)cc3)C2=O)cc(I)c1OCc1ccccc1F. The van der Waals surface area contributed by atoms with Gasteiger partial charge < -0.3 is 9.47 Å². The zero-order valence-electron chi connectivity index (χ0n) is 20.9. The van der Waals surface area contributed by atoms with Gasteiger partial charge >= 0.3 is 0 Å². The maximum Gasteiger partial charge on any atom is 0.271 e. The Balaban J connectivity index is 1.48. The molecule has 0 unspecified atom stereocenters. The predicted molar refractivity (Wildman–Crippen MR) is 169 cm³/mol. The molecule has 0 aromatic heterocycles. The molecule has 1 amide bonds. The van der Waals surface area contributed by atoms with Gasteiger partial charge in [-0.15, -0.1) is 0 Å². The molecule has 0 bridgehead atoms. The zero-order chi connectivity index (χ0) is 28.2. The van der Waals surface area contributed by atoms with Crippen LogP contribution in [0.2, 0.25) is 10.0 Å². The smallest absolute Gasteiger partial charge is 0.271 e. The van der Waals surface area contributed by atoms with Crippen LogP contribution in [0.3, 0.4) is 0 Å². The first kappa shape index (κ1) is 28.5. The van der Waals surface area contributed by atoms with Crippen molar-refractivity contribution in [1.29, 1.82) is 0 Å². The van der Waals surface area contributed by atoms with E-state index >= 15 is 0 Å². The highest BCUT2D eigenvalue weighted by molar-refractivity contribution is 14.1. The topological polar surface area (TPSA) is 51.1 Å². The highest BCUT2D eigenvalue weighted by Crippen LogP contribution is 2.40. The Kier molecular flexibility index (Phi) is 9.00. The minimum atomic E-state index is -0.337. The molecule has 0 radical (unpaired) electrons. The molecule has 1 fully saturated rings. The average molecular weight is 705 g/mol. The lowest BCUT2D eigenvalue weighted by atomic mass is 10.1. The Bertz CT molecular complexity index is 1630. The molecular weight excluding hydrogens is 685 g/mol. The number of hydrogen-bond acceptors (Lipinski definition) is 5. The second kappa shape index (κ2) is 12.6. The normalized spacial score (nSPS) is 15.2. The van der Waals surface area contributed by atoms with E-state index in [-0.39, 0.29) is 18.3 Å². The molecule has 40 heavy (non-hydrogen) atoms. The van der Waals surface area contributed by atoms with Gasteiger partial charge in [-0.2, -0.15) is 0 Å². The number of hydrogen-bond donors (Lipinski definition) is 0. The summed E-state index contributed by atoms with van der Waals surface area (Å²) in [7, 11) is 1.53. The lowest BCUT2D eigenvalue weighted by Crippen LogP contribution is -2.28. The summed E-state index contributed by atoms with van der Waals surface area (Å²) in [6.45, 7) is 0.0500. The highest BCUT2D eigenvalue weighted by atomic mass is 127. The van der Waals surface area contributed by atoms with Crippen LogP contribution < -0.4 is 14.4 Å². The quantitative estimate of drug-likeness (QED) is 0.142. The molecule has 5 nitrogen and oxygen atoms in total. The van der Waals surface area contributed by atoms with Crippen LogP contribution in [0.25, 0.3) is 6.08 Å². The average Bonchev–Trinajstić information content (AvgIpc) is 3.24. The first-order valence-corrected chi connectivity index (χ1v) is 14.5. The van der Waals surface area contributed by atoms with Crippen LogP contribution >= 0.6 is 57.6 Å². The molecule has 0 saturated carbocycles.